The fourth-order valence-electron chi connectivity index (χ4n) is 2.79. The molecule has 1 aromatic heterocycles. The van der Waals surface area contributed by atoms with Gasteiger partial charge in [-0.25, -0.2) is 9.37 Å². The van der Waals surface area contributed by atoms with Gasteiger partial charge in [0.05, 0.1) is 0 Å². The predicted octanol–water partition coefficient (Wildman–Crippen LogP) is 4.45. The molecule has 3 aromatic rings. The maximum atomic E-state index is 13.0. The van der Waals surface area contributed by atoms with Gasteiger partial charge in [-0.15, -0.1) is 0 Å². The standard InChI is InChI=1S/C22H20FN3O2/c1-3-26(18-7-4-6-15(2)14-18)22(28)20-9-5-8-19(25-20)21(27)24-17-12-10-16(23)11-13-17/h4-14H,3H2,1-2H3,(H,24,27). The largest absolute Gasteiger partial charge is 0.321 e. The number of nitrogens with zero attached hydrogens (tertiary/aromatic N) is 2. The van der Waals surface area contributed by atoms with Crippen LogP contribution in [0.1, 0.15) is 33.5 Å². The molecule has 2 amide bonds. The van der Waals surface area contributed by atoms with Gasteiger partial charge in [0.2, 0.25) is 0 Å². The Morgan fingerprint density at radius 1 is 1.00 bits per heavy atom. The molecule has 1 N–H and O–H groups in total. The van der Waals surface area contributed by atoms with Crippen LogP contribution in [0.25, 0.3) is 0 Å². The lowest BCUT2D eigenvalue weighted by atomic mass is 10.2. The number of carbonyl (C=O) groups is 2. The van der Waals surface area contributed by atoms with Crippen molar-refractivity contribution in [1.29, 1.82) is 0 Å². The molecule has 142 valence electrons. The minimum absolute atomic E-state index is 0.107. The van der Waals surface area contributed by atoms with Crippen molar-refractivity contribution in [1.82, 2.24) is 4.98 Å². The Balaban J connectivity index is 1.82. The summed E-state index contributed by atoms with van der Waals surface area (Å²) >= 11 is 0. The second-order valence-electron chi connectivity index (χ2n) is 6.26. The first-order chi connectivity index (χ1) is 13.5. The lowest BCUT2D eigenvalue weighted by molar-refractivity contribution is 0.0983. The van der Waals surface area contributed by atoms with Crippen LogP contribution < -0.4 is 10.2 Å². The first-order valence-electron chi connectivity index (χ1n) is 8.90. The van der Waals surface area contributed by atoms with Crippen LogP contribution in [0, 0.1) is 12.7 Å². The van der Waals surface area contributed by atoms with Gasteiger partial charge in [-0.05, 0) is 67.9 Å². The third-order valence-electron chi connectivity index (χ3n) is 4.18. The average molecular weight is 377 g/mol. The van der Waals surface area contributed by atoms with Crippen LogP contribution >= 0.6 is 0 Å². The van der Waals surface area contributed by atoms with Crippen molar-refractivity contribution in [2.75, 3.05) is 16.8 Å². The summed E-state index contributed by atoms with van der Waals surface area (Å²) in [6, 6.07) is 17.8. The summed E-state index contributed by atoms with van der Waals surface area (Å²) in [5.74, 6) is -1.15. The molecule has 5 nitrogen and oxygen atoms in total. The van der Waals surface area contributed by atoms with Crippen molar-refractivity contribution in [3.05, 3.63) is 89.5 Å². The third kappa shape index (κ3) is 4.40. The topological polar surface area (TPSA) is 62.3 Å². The fourth-order valence-corrected chi connectivity index (χ4v) is 2.79. The van der Waals surface area contributed by atoms with Crippen molar-refractivity contribution in [3.8, 4) is 0 Å². The molecule has 0 unspecified atom stereocenters. The zero-order chi connectivity index (χ0) is 20.1. The Kier molecular flexibility index (Phi) is 5.79. The molecule has 0 spiro atoms. The van der Waals surface area contributed by atoms with Crippen LogP contribution in [0.4, 0.5) is 15.8 Å². The molecule has 0 aliphatic rings. The van der Waals surface area contributed by atoms with E-state index in [0.717, 1.165) is 11.3 Å². The smallest absolute Gasteiger partial charge is 0.276 e. The molecule has 0 saturated heterocycles. The number of aryl methyl sites for hydroxylation is 1. The number of anilines is 2. The summed E-state index contributed by atoms with van der Waals surface area (Å²) in [7, 11) is 0. The minimum Gasteiger partial charge on any atom is -0.321 e. The van der Waals surface area contributed by atoms with Gasteiger partial charge in [-0.2, -0.15) is 0 Å². The number of nitrogens with one attached hydrogen (secondary N) is 1. The highest BCUT2D eigenvalue weighted by molar-refractivity contribution is 6.07. The van der Waals surface area contributed by atoms with Gasteiger partial charge in [0.1, 0.15) is 17.2 Å². The van der Waals surface area contributed by atoms with E-state index in [1.54, 1.807) is 17.0 Å². The molecular weight excluding hydrogens is 357 g/mol. The van der Waals surface area contributed by atoms with Gasteiger partial charge in [-0.1, -0.05) is 18.2 Å². The fraction of sp³-hybridized carbons (Fsp3) is 0.136. The molecule has 0 saturated carbocycles. The van der Waals surface area contributed by atoms with Crippen molar-refractivity contribution in [3.63, 3.8) is 0 Å². The number of halogens is 1. The molecule has 0 bridgehead atoms. The summed E-state index contributed by atoms with van der Waals surface area (Å²) in [5, 5.41) is 2.64. The van der Waals surface area contributed by atoms with Crippen LogP contribution in [-0.4, -0.2) is 23.3 Å². The highest BCUT2D eigenvalue weighted by Crippen LogP contribution is 2.18. The maximum Gasteiger partial charge on any atom is 0.276 e. The number of amides is 2. The number of pyridine rings is 1. The Bertz CT molecular complexity index is 1000. The summed E-state index contributed by atoms with van der Waals surface area (Å²) < 4.78 is 13.0. The van der Waals surface area contributed by atoms with Crippen LogP contribution in [0.3, 0.4) is 0 Å². The quantitative estimate of drug-likeness (QED) is 0.715. The molecule has 3 rings (SSSR count). The highest BCUT2D eigenvalue weighted by Gasteiger charge is 2.19. The number of aromatic nitrogens is 1. The van der Waals surface area contributed by atoms with Crippen molar-refractivity contribution < 1.29 is 14.0 Å². The van der Waals surface area contributed by atoms with E-state index in [9.17, 15) is 14.0 Å². The molecule has 6 heteroatoms. The minimum atomic E-state index is -0.472. The van der Waals surface area contributed by atoms with E-state index >= 15 is 0 Å². The van der Waals surface area contributed by atoms with Gasteiger partial charge in [0, 0.05) is 17.9 Å². The highest BCUT2D eigenvalue weighted by atomic mass is 19.1. The first-order valence-corrected chi connectivity index (χ1v) is 8.90. The van der Waals surface area contributed by atoms with Gasteiger partial charge in [0.15, 0.2) is 0 Å². The van der Waals surface area contributed by atoms with E-state index in [4.69, 9.17) is 0 Å². The van der Waals surface area contributed by atoms with E-state index < -0.39 is 5.91 Å². The Hall–Kier alpha value is -3.54. The molecule has 0 aliphatic heterocycles. The molecule has 0 radical (unpaired) electrons. The van der Waals surface area contributed by atoms with Crippen molar-refractivity contribution in [2.24, 2.45) is 0 Å². The number of benzene rings is 2. The van der Waals surface area contributed by atoms with Crippen LogP contribution in [0.15, 0.2) is 66.7 Å². The van der Waals surface area contributed by atoms with Crippen LogP contribution in [0.2, 0.25) is 0 Å². The number of carbonyl (C=O) groups excluding carboxylic acids is 2. The second-order valence-corrected chi connectivity index (χ2v) is 6.26. The second kappa shape index (κ2) is 8.43. The van der Waals surface area contributed by atoms with E-state index in [0.29, 0.717) is 12.2 Å². The molecule has 2 aromatic carbocycles. The lowest BCUT2D eigenvalue weighted by Crippen LogP contribution is -2.31. The Morgan fingerprint density at radius 2 is 1.68 bits per heavy atom. The van der Waals surface area contributed by atoms with E-state index in [1.165, 1.54) is 30.3 Å². The van der Waals surface area contributed by atoms with E-state index in [-0.39, 0.29) is 23.1 Å². The predicted molar refractivity (Wildman–Crippen MR) is 107 cm³/mol. The Morgan fingerprint density at radius 3 is 2.36 bits per heavy atom. The lowest BCUT2D eigenvalue weighted by Gasteiger charge is -2.21. The molecule has 0 atom stereocenters. The average Bonchev–Trinajstić information content (AvgIpc) is 2.70. The van der Waals surface area contributed by atoms with Gasteiger partial charge in [0.25, 0.3) is 11.8 Å². The van der Waals surface area contributed by atoms with Gasteiger partial charge >= 0.3 is 0 Å². The zero-order valence-corrected chi connectivity index (χ0v) is 15.6. The number of hydrogen-bond acceptors (Lipinski definition) is 3. The number of hydrogen-bond donors (Lipinski definition) is 1. The summed E-state index contributed by atoms with van der Waals surface area (Å²) in [4.78, 5) is 31.2. The first kappa shape index (κ1) is 19.2. The maximum absolute atomic E-state index is 13.0. The van der Waals surface area contributed by atoms with E-state index in [2.05, 4.69) is 10.3 Å². The summed E-state index contributed by atoms with van der Waals surface area (Å²) in [6.45, 7) is 4.31. The summed E-state index contributed by atoms with van der Waals surface area (Å²) in [6.07, 6.45) is 0. The molecule has 1 heterocycles. The molecule has 28 heavy (non-hydrogen) atoms. The molecule has 0 fully saturated rings. The van der Waals surface area contributed by atoms with Crippen LogP contribution in [0.5, 0.6) is 0 Å². The molecule has 0 aliphatic carbocycles. The zero-order valence-electron chi connectivity index (χ0n) is 15.6. The SMILES string of the molecule is CCN(C(=O)c1cccc(C(=O)Nc2ccc(F)cc2)n1)c1cccc(C)c1. The van der Waals surface area contributed by atoms with Gasteiger partial charge in [-0.3, -0.25) is 9.59 Å². The van der Waals surface area contributed by atoms with Crippen molar-refractivity contribution >= 4 is 23.2 Å². The monoisotopic (exact) mass is 377 g/mol. The van der Waals surface area contributed by atoms with Gasteiger partial charge < -0.3 is 10.2 Å². The van der Waals surface area contributed by atoms with Crippen LogP contribution in [-0.2, 0) is 0 Å². The molecular formula is C22H20FN3O2. The van der Waals surface area contributed by atoms with E-state index in [1.807, 2.05) is 38.1 Å². The third-order valence-corrected chi connectivity index (χ3v) is 4.18. The van der Waals surface area contributed by atoms with Crippen molar-refractivity contribution in [2.45, 2.75) is 13.8 Å². The number of rotatable bonds is 5. The Labute approximate surface area is 162 Å². The summed E-state index contributed by atoms with van der Waals surface area (Å²) in [5.41, 5.74) is 2.55. The normalized spacial score (nSPS) is 10.4.